The van der Waals surface area contributed by atoms with Gasteiger partial charge in [0.25, 0.3) is 5.56 Å². The van der Waals surface area contributed by atoms with Gasteiger partial charge in [-0.15, -0.1) is 6.58 Å². The molecule has 1 aromatic carbocycles. The van der Waals surface area contributed by atoms with Crippen molar-refractivity contribution in [3.05, 3.63) is 52.6 Å². The van der Waals surface area contributed by atoms with Crippen molar-refractivity contribution in [1.82, 2.24) is 14.5 Å². The van der Waals surface area contributed by atoms with Crippen LogP contribution in [0.25, 0.3) is 10.3 Å². The first-order valence-electron chi connectivity index (χ1n) is 9.83. The number of allylic oxidation sites excluding steroid dienone is 1. The number of nitrogens with one attached hydrogen (secondary N) is 1. The fourth-order valence-corrected chi connectivity index (χ4v) is 4.83. The van der Waals surface area contributed by atoms with E-state index in [1.54, 1.807) is 19.1 Å². The molecule has 0 atom stereocenters. The lowest BCUT2D eigenvalue weighted by Gasteiger charge is -2.15. The molecule has 0 saturated carbocycles. The molecule has 0 aliphatic heterocycles. The van der Waals surface area contributed by atoms with E-state index >= 15 is 0 Å². The van der Waals surface area contributed by atoms with Crippen LogP contribution < -0.4 is 15.8 Å². The average molecular weight is 462 g/mol. The van der Waals surface area contributed by atoms with Crippen LogP contribution in [0.2, 0.25) is 0 Å². The number of thioether (sulfide) groups is 1. The van der Waals surface area contributed by atoms with Gasteiger partial charge in [0.1, 0.15) is 10.5 Å². The normalized spacial score (nSPS) is 11.0. The van der Waals surface area contributed by atoms with E-state index in [4.69, 9.17) is 0 Å². The molecule has 3 rings (SSSR count). The topological polar surface area (TPSA) is 80.1 Å². The van der Waals surface area contributed by atoms with Gasteiger partial charge in [-0.25, -0.2) is 9.37 Å². The molecule has 0 fully saturated rings. The lowest BCUT2D eigenvalue weighted by molar-refractivity contribution is -0.113. The predicted molar refractivity (Wildman–Crippen MR) is 126 cm³/mol. The van der Waals surface area contributed by atoms with Crippen LogP contribution in [0.4, 0.5) is 15.2 Å². The summed E-state index contributed by atoms with van der Waals surface area (Å²) < 4.78 is 15.4. The van der Waals surface area contributed by atoms with Crippen molar-refractivity contribution in [3.63, 3.8) is 0 Å². The fourth-order valence-electron chi connectivity index (χ4n) is 2.95. The Hall–Kier alpha value is -2.72. The van der Waals surface area contributed by atoms with Crippen LogP contribution in [0.15, 0.2) is 40.8 Å². The van der Waals surface area contributed by atoms with Crippen molar-refractivity contribution in [3.8, 4) is 0 Å². The number of aryl methyl sites for hydroxylation is 1. The zero-order chi connectivity index (χ0) is 22.5. The van der Waals surface area contributed by atoms with E-state index in [-0.39, 0.29) is 23.8 Å². The van der Waals surface area contributed by atoms with E-state index in [2.05, 4.69) is 26.8 Å². The Labute approximate surface area is 188 Å². The van der Waals surface area contributed by atoms with Crippen molar-refractivity contribution in [2.45, 2.75) is 32.5 Å². The summed E-state index contributed by atoms with van der Waals surface area (Å²) in [5.74, 6) is -0.730. The van der Waals surface area contributed by atoms with Crippen molar-refractivity contribution in [1.29, 1.82) is 0 Å². The van der Waals surface area contributed by atoms with Crippen molar-refractivity contribution < 1.29 is 9.18 Å². The number of amides is 1. The number of halogens is 1. The predicted octanol–water partition coefficient (Wildman–Crippen LogP) is 4.06. The summed E-state index contributed by atoms with van der Waals surface area (Å²) >= 11 is 2.45. The fraction of sp³-hybridized carbons (Fsp3) is 0.333. The van der Waals surface area contributed by atoms with E-state index in [0.29, 0.717) is 21.2 Å². The first-order valence-corrected chi connectivity index (χ1v) is 11.6. The molecule has 0 unspecified atom stereocenters. The molecule has 3 aromatic rings. The van der Waals surface area contributed by atoms with Crippen molar-refractivity contribution in [2.24, 2.45) is 0 Å². The summed E-state index contributed by atoms with van der Waals surface area (Å²) in [4.78, 5) is 36.6. The van der Waals surface area contributed by atoms with E-state index in [0.717, 1.165) is 35.5 Å². The Balaban J connectivity index is 1.87. The third-order valence-electron chi connectivity index (χ3n) is 4.62. The second-order valence-corrected chi connectivity index (χ2v) is 8.64. The number of rotatable bonds is 9. The molecule has 0 spiro atoms. The minimum Gasteiger partial charge on any atom is -0.349 e. The Morgan fingerprint density at radius 3 is 2.77 bits per heavy atom. The van der Waals surface area contributed by atoms with Crippen molar-refractivity contribution >= 4 is 50.2 Å². The summed E-state index contributed by atoms with van der Waals surface area (Å²) in [6, 6.07) is 4.22. The van der Waals surface area contributed by atoms with Crippen LogP contribution in [-0.2, 0) is 11.3 Å². The molecule has 0 aliphatic carbocycles. The molecule has 2 heterocycles. The Morgan fingerprint density at radius 2 is 2.10 bits per heavy atom. The van der Waals surface area contributed by atoms with E-state index < -0.39 is 5.82 Å². The molecular weight excluding hydrogens is 437 g/mol. The highest BCUT2D eigenvalue weighted by Crippen LogP contribution is 2.27. The van der Waals surface area contributed by atoms with Gasteiger partial charge in [0.05, 0.1) is 5.75 Å². The first kappa shape index (κ1) is 23.0. The number of aromatic nitrogens is 3. The number of benzene rings is 1. The maximum absolute atomic E-state index is 13.5. The second kappa shape index (κ2) is 10.1. The minimum absolute atomic E-state index is 0.0120. The first-order chi connectivity index (χ1) is 14.9. The number of nitrogens with zero attached hydrogens (tertiary/aromatic N) is 4. The summed E-state index contributed by atoms with van der Waals surface area (Å²) in [6.07, 6.45) is 1.61. The van der Waals surface area contributed by atoms with E-state index in [9.17, 15) is 14.0 Å². The Kier molecular flexibility index (Phi) is 7.45. The molecule has 0 saturated heterocycles. The van der Waals surface area contributed by atoms with Gasteiger partial charge in [-0.1, -0.05) is 35.2 Å². The summed E-state index contributed by atoms with van der Waals surface area (Å²) in [7, 11) is 0. The maximum atomic E-state index is 13.5. The monoisotopic (exact) mass is 461 g/mol. The SMILES string of the molecule is C=CCn1c(SCC(=O)Nc2cc(F)ccc2C)nc2nc(N(CC)CC)sc2c1=O. The summed E-state index contributed by atoms with van der Waals surface area (Å²) in [5, 5.41) is 3.84. The lowest BCUT2D eigenvalue weighted by Crippen LogP contribution is -2.23. The Morgan fingerprint density at radius 1 is 1.35 bits per heavy atom. The van der Waals surface area contributed by atoms with E-state index in [1.165, 1.54) is 28.0 Å². The number of fused-ring (bicyclic) bond motifs is 1. The molecule has 0 radical (unpaired) electrons. The molecule has 10 heteroatoms. The van der Waals surface area contributed by atoms with Gasteiger partial charge >= 0.3 is 0 Å². The quantitative estimate of drug-likeness (QED) is 0.294. The van der Waals surface area contributed by atoms with Gasteiger partial charge in [-0.2, -0.15) is 4.98 Å². The zero-order valence-corrected chi connectivity index (χ0v) is 19.3. The maximum Gasteiger partial charge on any atom is 0.274 e. The van der Waals surface area contributed by atoms with Gasteiger partial charge in [-0.3, -0.25) is 14.2 Å². The van der Waals surface area contributed by atoms with Gasteiger partial charge in [0.2, 0.25) is 5.91 Å². The number of hydrogen-bond donors (Lipinski definition) is 1. The van der Waals surface area contributed by atoms with Crippen LogP contribution in [0, 0.1) is 12.7 Å². The van der Waals surface area contributed by atoms with Crippen LogP contribution in [-0.4, -0.2) is 39.3 Å². The summed E-state index contributed by atoms with van der Waals surface area (Å²) in [6.45, 7) is 11.4. The highest BCUT2D eigenvalue weighted by molar-refractivity contribution is 7.99. The van der Waals surface area contributed by atoms with Gasteiger partial charge in [0, 0.05) is 25.3 Å². The van der Waals surface area contributed by atoms with Gasteiger partial charge < -0.3 is 10.2 Å². The molecule has 31 heavy (non-hydrogen) atoms. The molecule has 0 aliphatic rings. The van der Waals surface area contributed by atoms with Crippen molar-refractivity contribution in [2.75, 3.05) is 29.1 Å². The lowest BCUT2D eigenvalue weighted by atomic mass is 10.2. The highest BCUT2D eigenvalue weighted by atomic mass is 32.2. The average Bonchev–Trinajstić information content (AvgIpc) is 3.16. The van der Waals surface area contributed by atoms with Crippen LogP contribution in [0.1, 0.15) is 19.4 Å². The smallest absolute Gasteiger partial charge is 0.274 e. The number of carbonyl (C=O) groups excluding carboxylic acids is 1. The molecule has 1 N–H and O–H groups in total. The number of carbonyl (C=O) groups is 1. The molecular formula is C21H24FN5O2S2. The second-order valence-electron chi connectivity index (χ2n) is 6.72. The third-order valence-corrected chi connectivity index (χ3v) is 6.69. The minimum atomic E-state index is -0.423. The number of hydrogen-bond acceptors (Lipinski definition) is 7. The zero-order valence-electron chi connectivity index (χ0n) is 17.6. The highest BCUT2D eigenvalue weighted by Gasteiger charge is 2.18. The summed E-state index contributed by atoms with van der Waals surface area (Å²) in [5.41, 5.74) is 1.35. The largest absolute Gasteiger partial charge is 0.349 e. The van der Waals surface area contributed by atoms with Crippen LogP contribution in [0.5, 0.6) is 0 Å². The van der Waals surface area contributed by atoms with Crippen LogP contribution in [0.3, 0.4) is 0 Å². The molecule has 2 aromatic heterocycles. The van der Waals surface area contributed by atoms with E-state index in [1.807, 2.05) is 13.8 Å². The molecule has 164 valence electrons. The molecule has 1 amide bonds. The standard InChI is InChI=1S/C21H24FN5O2S2/c1-5-10-27-19(29)17-18(24-20(31-17)26(6-2)7-3)25-21(27)30-12-16(28)23-15-11-14(22)9-8-13(15)4/h5,8-9,11H,1,6-7,10,12H2,2-4H3,(H,23,28). The van der Waals surface area contributed by atoms with Crippen LogP contribution >= 0.6 is 23.1 Å². The van der Waals surface area contributed by atoms with Gasteiger partial charge in [0.15, 0.2) is 15.9 Å². The number of thiazole rings is 1. The molecule has 7 nitrogen and oxygen atoms in total. The Bertz CT molecular complexity index is 1170. The number of anilines is 2. The third kappa shape index (κ3) is 5.13. The molecule has 0 bridgehead atoms. The van der Waals surface area contributed by atoms with Gasteiger partial charge in [-0.05, 0) is 38.5 Å².